The van der Waals surface area contributed by atoms with Crippen molar-refractivity contribution in [2.24, 2.45) is 5.73 Å². The van der Waals surface area contributed by atoms with Crippen LogP contribution >= 0.6 is 0 Å². The molecule has 0 aliphatic rings. The molecule has 0 fully saturated rings. The van der Waals surface area contributed by atoms with Crippen molar-refractivity contribution in [3.05, 3.63) is 29.8 Å². The maximum Gasteiger partial charge on any atom is 0.0326 e. The molecular weight excluding hydrogens is 148 g/mol. The average Bonchev–Trinajstić information content (AvgIpc) is 2.05. The van der Waals surface area contributed by atoms with Crippen LogP contribution in [0.15, 0.2) is 24.3 Å². The third kappa shape index (κ3) is 2.65. The van der Waals surface area contributed by atoms with Gasteiger partial charge in [-0.05, 0) is 18.2 Å². The summed E-state index contributed by atoms with van der Waals surface area (Å²) in [6.07, 6.45) is 0.731. The van der Waals surface area contributed by atoms with Gasteiger partial charge in [0.05, 0.1) is 0 Å². The van der Waals surface area contributed by atoms with Crippen molar-refractivity contribution >= 4 is 5.69 Å². The Morgan fingerprint density at radius 3 is 2.83 bits per heavy atom. The molecule has 4 N–H and O–H groups in total. The quantitative estimate of drug-likeness (QED) is 0.475. The van der Waals surface area contributed by atoms with Crippen LogP contribution in [0.2, 0.25) is 0 Å². The van der Waals surface area contributed by atoms with Gasteiger partial charge >= 0.3 is 0 Å². The lowest BCUT2D eigenvalue weighted by atomic mass is 10.2. The summed E-state index contributed by atoms with van der Waals surface area (Å²) >= 11 is 0. The number of anilines is 1. The summed E-state index contributed by atoms with van der Waals surface area (Å²) in [7, 11) is 0. The van der Waals surface area contributed by atoms with Crippen molar-refractivity contribution in [2.45, 2.75) is 6.42 Å². The van der Waals surface area contributed by atoms with Gasteiger partial charge in [0.1, 0.15) is 0 Å². The molecule has 62 valence electrons. The highest BCUT2D eigenvalue weighted by Crippen LogP contribution is 2.04. The first-order valence-corrected chi connectivity index (χ1v) is 3.87. The molecule has 1 rings (SSSR count). The molecule has 1 aromatic carbocycles. The van der Waals surface area contributed by atoms with E-state index in [0.29, 0.717) is 6.54 Å². The predicted molar refractivity (Wildman–Crippen MR) is 51.4 cm³/mol. The maximum absolute atomic E-state index is 5.57. The number of nitrogen functional groups attached to an aromatic ring is 1. The Morgan fingerprint density at radius 1 is 1.33 bits per heavy atom. The summed E-state index contributed by atoms with van der Waals surface area (Å²) < 4.78 is 0. The Morgan fingerprint density at radius 2 is 2.17 bits per heavy atom. The summed E-state index contributed by atoms with van der Waals surface area (Å²) in [5, 5.41) is 0. The molecule has 0 aliphatic carbocycles. The van der Waals surface area contributed by atoms with Crippen LogP contribution in [0.4, 0.5) is 5.69 Å². The summed E-state index contributed by atoms with van der Waals surface area (Å²) in [6.45, 7) is 0.606. The Hall–Kier alpha value is -1.46. The van der Waals surface area contributed by atoms with Crippen LogP contribution in [0.1, 0.15) is 12.0 Å². The third-order valence-corrected chi connectivity index (χ3v) is 1.39. The second-order valence-electron chi connectivity index (χ2n) is 2.47. The van der Waals surface area contributed by atoms with Gasteiger partial charge < -0.3 is 11.5 Å². The second-order valence-corrected chi connectivity index (χ2v) is 2.47. The van der Waals surface area contributed by atoms with E-state index in [9.17, 15) is 0 Å². The zero-order valence-electron chi connectivity index (χ0n) is 6.88. The van der Waals surface area contributed by atoms with Crippen LogP contribution in [-0.2, 0) is 0 Å². The van der Waals surface area contributed by atoms with E-state index in [2.05, 4.69) is 11.8 Å². The Kier molecular flexibility index (Phi) is 3.18. The van der Waals surface area contributed by atoms with Crippen LogP contribution in [0, 0.1) is 11.8 Å². The van der Waals surface area contributed by atoms with Gasteiger partial charge in [-0.15, -0.1) is 0 Å². The smallest absolute Gasteiger partial charge is 0.0326 e. The topological polar surface area (TPSA) is 52.0 Å². The van der Waals surface area contributed by atoms with E-state index in [1.165, 1.54) is 0 Å². The van der Waals surface area contributed by atoms with Crippen molar-refractivity contribution in [1.82, 2.24) is 0 Å². The highest BCUT2D eigenvalue weighted by atomic mass is 14.5. The van der Waals surface area contributed by atoms with E-state index in [-0.39, 0.29) is 0 Å². The standard InChI is InChI=1S/C10H12N2/c11-7-2-1-4-9-5-3-6-10(12)8-9/h3,5-6,8H,2,7,11-12H2. The van der Waals surface area contributed by atoms with E-state index < -0.39 is 0 Å². The van der Waals surface area contributed by atoms with Crippen LogP contribution in [0.3, 0.4) is 0 Å². The van der Waals surface area contributed by atoms with Crippen LogP contribution < -0.4 is 11.5 Å². The van der Waals surface area contributed by atoms with Gasteiger partial charge in [0.25, 0.3) is 0 Å². The third-order valence-electron chi connectivity index (χ3n) is 1.39. The van der Waals surface area contributed by atoms with E-state index in [1.807, 2.05) is 24.3 Å². The summed E-state index contributed by atoms with van der Waals surface area (Å²) in [5.74, 6) is 5.92. The summed E-state index contributed by atoms with van der Waals surface area (Å²) in [4.78, 5) is 0. The van der Waals surface area contributed by atoms with Gasteiger partial charge in [-0.3, -0.25) is 0 Å². The molecule has 1 aromatic rings. The van der Waals surface area contributed by atoms with Crippen molar-refractivity contribution in [3.8, 4) is 11.8 Å². The summed E-state index contributed by atoms with van der Waals surface area (Å²) in [6, 6.07) is 7.51. The zero-order chi connectivity index (χ0) is 8.81. The maximum atomic E-state index is 5.57. The minimum absolute atomic E-state index is 0.606. The highest BCUT2D eigenvalue weighted by molar-refractivity contribution is 5.46. The Balaban J connectivity index is 2.71. The first-order valence-electron chi connectivity index (χ1n) is 3.87. The largest absolute Gasteiger partial charge is 0.399 e. The fourth-order valence-corrected chi connectivity index (χ4v) is 0.853. The van der Waals surface area contributed by atoms with Crippen molar-refractivity contribution in [2.75, 3.05) is 12.3 Å². The van der Waals surface area contributed by atoms with Crippen LogP contribution in [0.25, 0.3) is 0 Å². The molecule has 0 radical (unpaired) electrons. The zero-order valence-corrected chi connectivity index (χ0v) is 6.88. The van der Waals surface area contributed by atoms with Gasteiger partial charge in [0, 0.05) is 24.2 Å². The fourth-order valence-electron chi connectivity index (χ4n) is 0.853. The monoisotopic (exact) mass is 160 g/mol. The predicted octanol–water partition coefficient (Wildman–Crippen LogP) is 0.969. The first-order chi connectivity index (χ1) is 5.83. The molecule has 0 spiro atoms. The molecule has 0 saturated heterocycles. The van der Waals surface area contributed by atoms with Crippen molar-refractivity contribution < 1.29 is 0 Å². The molecule has 0 unspecified atom stereocenters. The minimum Gasteiger partial charge on any atom is -0.399 e. The molecule has 0 atom stereocenters. The van der Waals surface area contributed by atoms with Crippen molar-refractivity contribution in [1.29, 1.82) is 0 Å². The van der Waals surface area contributed by atoms with Crippen molar-refractivity contribution in [3.63, 3.8) is 0 Å². The molecular formula is C10H12N2. The number of benzene rings is 1. The number of hydrogen-bond donors (Lipinski definition) is 2. The molecule has 2 nitrogen and oxygen atoms in total. The Bertz CT molecular complexity index is 307. The van der Waals surface area contributed by atoms with Gasteiger partial charge in [-0.25, -0.2) is 0 Å². The molecule has 0 bridgehead atoms. The fraction of sp³-hybridized carbons (Fsp3) is 0.200. The van der Waals surface area contributed by atoms with E-state index >= 15 is 0 Å². The van der Waals surface area contributed by atoms with E-state index in [4.69, 9.17) is 11.5 Å². The van der Waals surface area contributed by atoms with Crippen LogP contribution in [0.5, 0.6) is 0 Å². The lowest BCUT2D eigenvalue weighted by molar-refractivity contribution is 1.03. The average molecular weight is 160 g/mol. The first kappa shape index (κ1) is 8.63. The molecule has 2 heteroatoms. The van der Waals surface area contributed by atoms with Gasteiger partial charge in [0.15, 0.2) is 0 Å². The normalized spacial score (nSPS) is 8.75. The number of rotatable bonds is 1. The van der Waals surface area contributed by atoms with Gasteiger partial charge in [-0.1, -0.05) is 17.9 Å². The highest BCUT2D eigenvalue weighted by Gasteiger charge is 1.85. The van der Waals surface area contributed by atoms with Crippen LogP contribution in [-0.4, -0.2) is 6.54 Å². The SMILES string of the molecule is NCCC#Cc1cccc(N)c1. The summed E-state index contributed by atoms with van der Waals surface area (Å²) in [5.41, 5.74) is 12.6. The molecule has 0 heterocycles. The number of nitrogens with two attached hydrogens (primary N) is 2. The molecule has 0 aromatic heterocycles. The molecule has 0 saturated carbocycles. The Labute approximate surface area is 72.6 Å². The molecule has 12 heavy (non-hydrogen) atoms. The molecule has 0 amide bonds. The number of hydrogen-bond acceptors (Lipinski definition) is 2. The second kappa shape index (κ2) is 4.42. The lowest BCUT2D eigenvalue weighted by Gasteiger charge is -1.91. The van der Waals surface area contributed by atoms with E-state index in [0.717, 1.165) is 17.7 Å². The molecule has 0 aliphatic heterocycles. The van der Waals surface area contributed by atoms with Gasteiger partial charge in [-0.2, -0.15) is 0 Å². The van der Waals surface area contributed by atoms with E-state index in [1.54, 1.807) is 0 Å². The lowest BCUT2D eigenvalue weighted by Crippen LogP contribution is -1.95. The van der Waals surface area contributed by atoms with Gasteiger partial charge in [0.2, 0.25) is 0 Å². The minimum atomic E-state index is 0.606.